The Morgan fingerprint density at radius 1 is 1.15 bits per heavy atom. The van der Waals surface area contributed by atoms with Crippen LogP contribution in [0.25, 0.3) is 0 Å². The number of carbonyl (C=O) groups excluding carboxylic acids is 1. The number of anilines is 2. The molecule has 0 saturated heterocycles. The average molecular weight is 457 g/mol. The standard InChI is InChI=1S/C21H20FN5O6/c1-21(11-26-10-18(27(29)30)25-20(26)33-21)12-31-16-6-2-14(3-7-16)23-19(28)24-15-4-8-17(9-5-15)32-13-22/h2-10H,11-13H2,1H3,(H2,23,24,28)/t21-/m1/s1. The zero-order valence-electron chi connectivity index (χ0n) is 17.5. The normalized spacial score (nSPS) is 16.4. The third-order valence-electron chi connectivity index (χ3n) is 4.75. The molecule has 12 heteroatoms. The van der Waals surface area contributed by atoms with Gasteiger partial charge >= 0.3 is 17.9 Å². The summed E-state index contributed by atoms with van der Waals surface area (Å²) < 4.78 is 30.0. The van der Waals surface area contributed by atoms with Crippen molar-refractivity contribution in [1.29, 1.82) is 0 Å². The van der Waals surface area contributed by atoms with E-state index in [1.807, 2.05) is 6.92 Å². The maximum absolute atomic E-state index is 12.2. The second-order valence-corrected chi connectivity index (χ2v) is 7.49. The van der Waals surface area contributed by atoms with E-state index in [-0.39, 0.29) is 18.4 Å². The topological polar surface area (TPSA) is 130 Å². The summed E-state index contributed by atoms with van der Waals surface area (Å²) in [6.07, 6.45) is 1.33. The van der Waals surface area contributed by atoms with Gasteiger partial charge in [0, 0.05) is 16.4 Å². The fraction of sp³-hybridized carbons (Fsp3) is 0.238. The number of halogens is 1. The first-order valence-corrected chi connectivity index (χ1v) is 9.84. The molecule has 0 fully saturated rings. The summed E-state index contributed by atoms with van der Waals surface area (Å²) in [6.45, 7) is 1.46. The number of rotatable bonds is 8. The van der Waals surface area contributed by atoms with Crippen LogP contribution in [0.5, 0.6) is 17.5 Å². The van der Waals surface area contributed by atoms with Crippen LogP contribution in [0.15, 0.2) is 54.7 Å². The molecule has 2 heterocycles. The number of amides is 2. The highest BCUT2D eigenvalue weighted by molar-refractivity contribution is 5.99. The third kappa shape index (κ3) is 5.29. The Balaban J connectivity index is 1.26. The van der Waals surface area contributed by atoms with E-state index in [1.54, 1.807) is 53.1 Å². The number of aromatic nitrogens is 2. The Labute approximate surface area is 187 Å². The lowest BCUT2D eigenvalue weighted by Gasteiger charge is -2.22. The van der Waals surface area contributed by atoms with Crippen LogP contribution in [0.3, 0.4) is 0 Å². The molecule has 1 aliphatic heterocycles. The fourth-order valence-corrected chi connectivity index (χ4v) is 3.22. The van der Waals surface area contributed by atoms with E-state index in [1.165, 1.54) is 6.20 Å². The molecule has 4 rings (SSSR count). The lowest BCUT2D eigenvalue weighted by molar-refractivity contribution is -0.389. The number of nitro groups is 1. The van der Waals surface area contributed by atoms with Gasteiger partial charge < -0.3 is 35.0 Å². The SMILES string of the molecule is C[C@]1(COc2ccc(NC(=O)Nc3ccc(OCF)cc3)cc2)Cn2cc([N+](=O)[O-])nc2O1. The number of hydrogen-bond acceptors (Lipinski definition) is 7. The minimum Gasteiger partial charge on any atom is -0.489 e. The van der Waals surface area contributed by atoms with Crippen LogP contribution in [0.1, 0.15) is 6.92 Å². The minimum atomic E-state index is -0.922. The summed E-state index contributed by atoms with van der Waals surface area (Å²) in [5.74, 6) is 0.662. The van der Waals surface area contributed by atoms with Crippen molar-refractivity contribution in [2.75, 3.05) is 24.1 Å². The molecule has 0 aliphatic carbocycles. The van der Waals surface area contributed by atoms with Crippen molar-refractivity contribution in [3.8, 4) is 17.5 Å². The van der Waals surface area contributed by atoms with Gasteiger partial charge in [-0.3, -0.25) is 4.57 Å². The van der Waals surface area contributed by atoms with E-state index >= 15 is 0 Å². The Hall–Kier alpha value is -4.35. The Kier molecular flexibility index (Phi) is 5.98. The predicted octanol–water partition coefficient (Wildman–Crippen LogP) is 3.97. The summed E-state index contributed by atoms with van der Waals surface area (Å²) in [7, 11) is 0. The number of alkyl halides is 1. The van der Waals surface area contributed by atoms with Gasteiger partial charge in [0.2, 0.25) is 6.86 Å². The first-order valence-electron chi connectivity index (χ1n) is 9.84. The molecule has 0 radical (unpaired) electrons. The van der Waals surface area contributed by atoms with Crippen molar-refractivity contribution in [2.45, 2.75) is 19.1 Å². The lowest BCUT2D eigenvalue weighted by atomic mass is 10.1. The van der Waals surface area contributed by atoms with Gasteiger partial charge in [-0.1, -0.05) is 0 Å². The van der Waals surface area contributed by atoms with Crippen LogP contribution in [-0.2, 0) is 6.54 Å². The number of carbonyl (C=O) groups is 1. The lowest BCUT2D eigenvalue weighted by Crippen LogP contribution is -2.38. The number of nitrogens with one attached hydrogen (secondary N) is 2. The summed E-state index contributed by atoms with van der Waals surface area (Å²) >= 11 is 0. The largest absolute Gasteiger partial charge is 0.489 e. The van der Waals surface area contributed by atoms with Crippen molar-refractivity contribution < 1.29 is 28.3 Å². The number of benzene rings is 2. The summed E-state index contributed by atoms with van der Waals surface area (Å²) in [4.78, 5) is 26.2. The molecule has 3 aromatic rings. The molecule has 2 aromatic carbocycles. The molecule has 2 amide bonds. The molecule has 33 heavy (non-hydrogen) atoms. The highest BCUT2D eigenvalue weighted by atomic mass is 19.1. The molecular weight excluding hydrogens is 437 g/mol. The highest BCUT2D eigenvalue weighted by Gasteiger charge is 2.41. The molecular formula is C21H20FN5O6. The van der Waals surface area contributed by atoms with Crippen LogP contribution >= 0.6 is 0 Å². The van der Waals surface area contributed by atoms with E-state index in [2.05, 4.69) is 15.6 Å². The summed E-state index contributed by atoms with van der Waals surface area (Å²) in [5.41, 5.74) is 0.348. The van der Waals surface area contributed by atoms with Gasteiger partial charge in [-0.2, -0.15) is 0 Å². The molecule has 0 saturated carbocycles. The number of hydrogen-bond donors (Lipinski definition) is 2. The first kappa shape index (κ1) is 21.9. The Morgan fingerprint density at radius 3 is 2.24 bits per heavy atom. The Bertz CT molecular complexity index is 1130. The molecule has 1 aliphatic rings. The third-order valence-corrected chi connectivity index (χ3v) is 4.75. The fourth-order valence-electron chi connectivity index (χ4n) is 3.22. The minimum absolute atomic E-state index is 0.183. The number of ether oxygens (including phenoxy) is 3. The molecule has 0 bridgehead atoms. The van der Waals surface area contributed by atoms with Crippen LogP contribution in [0, 0.1) is 10.1 Å². The number of urea groups is 1. The van der Waals surface area contributed by atoms with Gasteiger partial charge in [-0.05, 0) is 60.4 Å². The van der Waals surface area contributed by atoms with Gasteiger partial charge in [0.15, 0.2) is 5.60 Å². The summed E-state index contributed by atoms with van der Waals surface area (Å²) in [6, 6.07) is 12.8. The second kappa shape index (κ2) is 9.02. The molecule has 1 atom stereocenters. The first-order chi connectivity index (χ1) is 15.8. The molecule has 11 nitrogen and oxygen atoms in total. The smallest absolute Gasteiger partial charge is 0.415 e. The summed E-state index contributed by atoms with van der Waals surface area (Å²) in [5, 5.41) is 16.2. The van der Waals surface area contributed by atoms with Crippen molar-refractivity contribution in [2.24, 2.45) is 0 Å². The number of imidazole rings is 1. The number of fused-ring (bicyclic) bond motifs is 1. The molecule has 2 N–H and O–H groups in total. The molecule has 0 spiro atoms. The second-order valence-electron chi connectivity index (χ2n) is 7.49. The molecule has 0 unspecified atom stereocenters. The zero-order chi connectivity index (χ0) is 23.4. The van der Waals surface area contributed by atoms with E-state index in [0.717, 1.165) is 0 Å². The zero-order valence-corrected chi connectivity index (χ0v) is 17.5. The van der Waals surface area contributed by atoms with E-state index in [0.29, 0.717) is 29.4 Å². The maximum atomic E-state index is 12.2. The Morgan fingerprint density at radius 2 is 1.73 bits per heavy atom. The monoisotopic (exact) mass is 457 g/mol. The maximum Gasteiger partial charge on any atom is 0.415 e. The molecule has 1 aromatic heterocycles. The van der Waals surface area contributed by atoms with Crippen molar-refractivity contribution in [3.05, 3.63) is 64.8 Å². The van der Waals surface area contributed by atoms with Gasteiger partial charge in [0.1, 0.15) is 24.3 Å². The average Bonchev–Trinajstić information content (AvgIpc) is 3.30. The van der Waals surface area contributed by atoms with E-state index in [4.69, 9.17) is 14.2 Å². The van der Waals surface area contributed by atoms with Gasteiger partial charge in [0.25, 0.3) is 0 Å². The van der Waals surface area contributed by atoms with Crippen molar-refractivity contribution >= 4 is 23.2 Å². The van der Waals surface area contributed by atoms with Crippen molar-refractivity contribution in [3.63, 3.8) is 0 Å². The quantitative estimate of drug-likeness (QED) is 0.387. The van der Waals surface area contributed by atoms with Gasteiger partial charge in [-0.15, -0.1) is 0 Å². The van der Waals surface area contributed by atoms with Crippen molar-refractivity contribution in [1.82, 2.24) is 9.55 Å². The highest BCUT2D eigenvalue weighted by Crippen LogP contribution is 2.31. The number of nitrogens with zero attached hydrogens (tertiary/aromatic N) is 3. The molecule has 172 valence electrons. The van der Waals surface area contributed by atoms with Gasteiger partial charge in [-0.25, -0.2) is 9.18 Å². The van der Waals surface area contributed by atoms with Crippen LogP contribution in [-0.4, -0.2) is 39.6 Å². The predicted molar refractivity (Wildman–Crippen MR) is 116 cm³/mol. The van der Waals surface area contributed by atoms with Crippen LogP contribution < -0.4 is 24.8 Å². The van der Waals surface area contributed by atoms with E-state index < -0.39 is 23.4 Å². The van der Waals surface area contributed by atoms with Gasteiger partial charge in [0.05, 0.1) is 6.54 Å². The van der Waals surface area contributed by atoms with E-state index in [9.17, 15) is 19.3 Å². The van der Waals surface area contributed by atoms with Crippen LogP contribution in [0.4, 0.5) is 26.4 Å². The van der Waals surface area contributed by atoms with Crippen LogP contribution in [0.2, 0.25) is 0 Å².